The Kier molecular flexibility index (Phi) is 4.41. The van der Waals surface area contributed by atoms with Crippen LogP contribution in [0.25, 0.3) is 0 Å². The van der Waals surface area contributed by atoms with Crippen LogP contribution in [-0.4, -0.2) is 59.8 Å². The molecule has 5 heterocycles. The fourth-order valence-corrected chi connectivity index (χ4v) is 6.71. The molecular formula is C19H23FN6O2S. The summed E-state index contributed by atoms with van der Waals surface area (Å²) >= 11 is 0. The molecule has 10 heteroatoms. The number of aromatic nitrogens is 4. The summed E-state index contributed by atoms with van der Waals surface area (Å²) in [5.74, 6) is 0.798. The van der Waals surface area contributed by atoms with E-state index in [0.717, 1.165) is 37.6 Å². The van der Waals surface area contributed by atoms with Gasteiger partial charge in [0.1, 0.15) is 0 Å². The molecule has 154 valence electrons. The van der Waals surface area contributed by atoms with E-state index in [2.05, 4.69) is 26.8 Å². The second-order valence-corrected chi connectivity index (χ2v) is 10.6. The number of hydrogen-bond donors (Lipinski definition) is 0. The first-order valence-corrected chi connectivity index (χ1v) is 11.7. The number of halogens is 1. The Morgan fingerprint density at radius 1 is 1.03 bits per heavy atom. The van der Waals surface area contributed by atoms with Crippen molar-refractivity contribution in [2.75, 3.05) is 36.0 Å². The molecule has 3 aliphatic heterocycles. The summed E-state index contributed by atoms with van der Waals surface area (Å²) in [5.41, 5.74) is 1.50. The second kappa shape index (κ2) is 6.86. The predicted molar refractivity (Wildman–Crippen MR) is 106 cm³/mol. The van der Waals surface area contributed by atoms with Crippen molar-refractivity contribution in [3.8, 4) is 0 Å². The summed E-state index contributed by atoms with van der Waals surface area (Å²) in [7, 11) is -3.33. The third-order valence-electron chi connectivity index (χ3n) is 6.15. The number of anilines is 2. The highest BCUT2D eigenvalue weighted by Gasteiger charge is 2.48. The van der Waals surface area contributed by atoms with Gasteiger partial charge in [-0.15, -0.1) is 0 Å². The number of nitrogens with zero attached hydrogens (tertiary/aromatic N) is 6. The number of fused-ring (bicyclic) bond motifs is 3. The highest BCUT2D eigenvalue weighted by atomic mass is 32.2. The highest BCUT2D eigenvalue weighted by Crippen LogP contribution is 2.40. The van der Waals surface area contributed by atoms with Crippen LogP contribution in [-0.2, 0) is 15.6 Å². The first-order chi connectivity index (χ1) is 13.9. The van der Waals surface area contributed by atoms with E-state index in [9.17, 15) is 12.8 Å². The van der Waals surface area contributed by atoms with Gasteiger partial charge >= 0.3 is 0 Å². The van der Waals surface area contributed by atoms with E-state index >= 15 is 0 Å². The molecule has 8 nitrogen and oxygen atoms in total. The first-order valence-electron chi connectivity index (χ1n) is 9.95. The second-order valence-electron chi connectivity index (χ2n) is 8.33. The third kappa shape index (κ3) is 3.33. The van der Waals surface area contributed by atoms with Crippen LogP contribution < -0.4 is 9.80 Å². The summed E-state index contributed by atoms with van der Waals surface area (Å²) in [6, 6.07) is 0. The SMILES string of the molecule is C[C@@H]1CCCN(c2ncc3c(n2)[C@H]2CN(c4ncc(F)cn4)C[C@H]2S(=O)(=O)C3)C1. The van der Waals surface area contributed by atoms with Crippen LogP contribution >= 0.6 is 0 Å². The minimum Gasteiger partial charge on any atom is -0.341 e. The lowest BCUT2D eigenvalue weighted by molar-refractivity contribution is 0.441. The molecule has 3 aliphatic rings. The minimum absolute atomic E-state index is 0.0434. The summed E-state index contributed by atoms with van der Waals surface area (Å²) < 4.78 is 39.0. The highest BCUT2D eigenvalue weighted by molar-refractivity contribution is 7.91. The number of sulfone groups is 1. The molecule has 0 N–H and O–H groups in total. The normalized spacial score (nSPS) is 28.1. The van der Waals surface area contributed by atoms with Gasteiger partial charge in [0.2, 0.25) is 11.9 Å². The Bertz CT molecular complexity index is 1030. The molecule has 5 rings (SSSR count). The number of rotatable bonds is 2. The van der Waals surface area contributed by atoms with E-state index in [1.54, 1.807) is 6.20 Å². The van der Waals surface area contributed by atoms with Crippen molar-refractivity contribution in [1.82, 2.24) is 19.9 Å². The number of hydrogen-bond acceptors (Lipinski definition) is 8. The summed E-state index contributed by atoms with van der Waals surface area (Å²) in [4.78, 5) is 21.4. The molecule has 0 unspecified atom stereocenters. The van der Waals surface area contributed by atoms with Crippen molar-refractivity contribution >= 4 is 21.7 Å². The Hall–Kier alpha value is -2.36. The third-order valence-corrected chi connectivity index (χ3v) is 8.26. The van der Waals surface area contributed by atoms with Crippen molar-refractivity contribution in [1.29, 1.82) is 0 Å². The van der Waals surface area contributed by atoms with Crippen LogP contribution in [0.1, 0.15) is 36.9 Å². The van der Waals surface area contributed by atoms with Gasteiger partial charge < -0.3 is 9.80 Å². The molecule has 0 aromatic carbocycles. The molecule has 29 heavy (non-hydrogen) atoms. The van der Waals surface area contributed by atoms with Crippen molar-refractivity contribution in [3.05, 3.63) is 35.7 Å². The van der Waals surface area contributed by atoms with Gasteiger partial charge in [0.15, 0.2) is 15.7 Å². The molecule has 3 atom stereocenters. The van der Waals surface area contributed by atoms with Crippen LogP contribution in [0.2, 0.25) is 0 Å². The van der Waals surface area contributed by atoms with Crippen molar-refractivity contribution < 1.29 is 12.8 Å². The Balaban J connectivity index is 1.49. The first kappa shape index (κ1) is 18.7. The van der Waals surface area contributed by atoms with Gasteiger partial charge in [0, 0.05) is 43.9 Å². The molecule has 0 aliphatic carbocycles. The van der Waals surface area contributed by atoms with E-state index in [4.69, 9.17) is 4.98 Å². The maximum Gasteiger partial charge on any atom is 0.225 e. The van der Waals surface area contributed by atoms with E-state index < -0.39 is 20.9 Å². The standard InChI is InChI=1S/C19H23FN6O2S/c1-12-3-2-4-25(8-12)19-21-5-13-11-29(27,28)16-10-26(9-15(16)17(13)24-19)18-22-6-14(20)7-23-18/h5-7,12,15-16H,2-4,8-11H2,1H3/t12-,15+,16-/m1/s1. The lowest BCUT2D eigenvalue weighted by Crippen LogP contribution is -2.38. The Labute approximate surface area is 169 Å². The smallest absolute Gasteiger partial charge is 0.225 e. The zero-order chi connectivity index (χ0) is 20.2. The summed E-state index contributed by atoms with van der Waals surface area (Å²) in [5, 5.41) is -0.563. The zero-order valence-electron chi connectivity index (χ0n) is 16.2. The van der Waals surface area contributed by atoms with Gasteiger partial charge in [-0.05, 0) is 18.8 Å². The largest absolute Gasteiger partial charge is 0.341 e. The number of piperidine rings is 1. The maximum atomic E-state index is 13.2. The topological polar surface area (TPSA) is 92.2 Å². The average Bonchev–Trinajstić information content (AvgIpc) is 3.15. The average molecular weight is 418 g/mol. The van der Waals surface area contributed by atoms with Crippen molar-refractivity contribution in [2.24, 2.45) is 5.92 Å². The molecule has 2 fully saturated rings. The molecule has 0 bridgehead atoms. The minimum atomic E-state index is -3.33. The van der Waals surface area contributed by atoms with Crippen LogP contribution in [0.5, 0.6) is 0 Å². The van der Waals surface area contributed by atoms with Crippen molar-refractivity contribution in [3.63, 3.8) is 0 Å². The van der Waals surface area contributed by atoms with Gasteiger partial charge in [-0.1, -0.05) is 6.92 Å². The molecule has 2 aromatic rings. The Morgan fingerprint density at radius 2 is 1.79 bits per heavy atom. The lowest BCUT2D eigenvalue weighted by Gasteiger charge is -2.32. The van der Waals surface area contributed by atoms with Gasteiger partial charge in [-0.2, -0.15) is 0 Å². The van der Waals surface area contributed by atoms with Gasteiger partial charge in [-0.3, -0.25) is 0 Å². The van der Waals surface area contributed by atoms with Crippen LogP contribution in [0.15, 0.2) is 18.6 Å². The molecule has 0 spiro atoms. The summed E-state index contributed by atoms with van der Waals surface area (Å²) in [6.07, 6.45) is 6.20. The lowest BCUT2D eigenvalue weighted by atomic mass is 9.99. The molecule has 0 radical (unpaired) electrons. The molecular weight excluding hydrogens is 395 g/mol. The predicted octanol–water partition coefficient (Wildman–Crippen LogP) is 1.54. The van der Waals surface area contributed by atoms with Gasteiger partial charge in [0.05, 0.1) is 29.1 Å². The van der Waals surface area contributed by atoms with Crippen LogP contribution in [0, 0.1) is 11.7 Å². The quantitative estimate of drug-likeness (QED) is 0.725. The Morgan fingerprint density at radius 3 is 2.55 bits per heavy atom. The van der Waals surface area contributed by atoms with E-state index in [0.29, 0.717) is 29.9 Å². The van der Waals surface area contributed by atoms with E-state index in [-0.39, 0.29) is 18.2 Å². The van der Waals surface area contributed by atoms with Crippen molar-refractivity contribution in [2.45, 2.75) is 36.7 Å². The molecule has 0 saturated carbocycles. The molecule has 2 saturated heterocycles. The molecule has 0 amide bonds. The van der Waals surface area contributed by atoms with Gasteiger partial charge in [0.25, 0.3) is 0 Å². The fourth-order valence-electron chi connectivity index (χ4n) is 4.72. The van der Waals surface area contributed by atoms with E-state index in [1.165, 1.54) is 6.42 Å². The molecule has 2 aromatic heterocycles. The van der Waals surface area contributed by atoms with Gasteiger partial charge in [-0.25, -0.2) is 32.7 Å². The zero-order valence-corrected chi connectivity index (χ0v) is 17.0. The van der Waals surface area contributed by atoms with Crippen LogP contribution in [0.3, 0.4) is 0 Å². The monoisotopic (exact) mass is 418 g/mol. The maximum absolute atomic E-state index is 13.2. The van der Waals surface area contributed by atoms with E-state index in [1.807, 2.05) is 4.90 Å². The fraction of sp³-hybridized carbons (Fsp3) is 0.579. The summed E-state index contributed by atoms with van der Waals surface area (Å²) in [6.45, 7) is 4.80. The van der Waals surface area contributed by atoms with Crippen LogP contribution in [0.4, 0.5) is 16.3 Å².